The highest BCUT2D eigenvalue weighted by Gasteiger charge is 1.99. The molecular formula is C11H16N2S. The molecule has 0 unspecified atom stereocenters. The van der Waals surface area contributed by atoms with E-state index < -0.39 is 0 Å². The molecule has 0 amide bonds. The van der Waals surface area contributed by atoms with Gasteiger partial charge in [-0.05, 0) is 30.5 Å². The van der Waals surface area contributed by atoms with Gasteiger partial charge in [0.2, 0.25) is 0 Å². The van der Waals surface area contributed by atoms with Crippen molar-refractivity contribution in [1.29, 1.82) is 0 Å². The van der Waals surface area contributed by atoms with E-state index in [1.54, 1.807) is 11.8 Å². The van der Waals surface area contributed by atoms with Gasteiger partial charge in [-0.15, -0.1) is 11.8 Å². The van der Waals surface area contributed by atoms with Crippen LogP contribution in [0.1, 0.15) is 13.8 Å². The lowest BCUT2D eigenvalue weighted by Gasteiger charge is -2.03. The van der Waals surface area contributed by atoms with Gasteiger partial charge in [-0.1, -0.05) is 13.8 Å². The number of nitrogens with two attached hydrogens (primary N) is 1. The fraction of sp³-hybridized carbons (Fsp3) is 0.364. The smallest absolute Gasteiger partial charge is 0.102 e. The molecule has 0 radical (unpaired) electrons. The zero-order valence-corrected chi connectivity index (χ0v) is 9.64. The molecule has 14 heavy (non-hydrogen) atoms. The van der Waals surface area contributed by atoms with Crippen LogP contribution in [0, 0.1) is 5.92 Å². The van der Waals surface area contributed by atoms with E-state index in [1.165, 1.54) is 4.90 Å². The number of hydrogen-bond acceptors (Lipinski definition) is 2. The summed E-state index contributed by atoms with van der Waals surface area (Å²) in [5.74, 6) is 0.983. The van der Waals surface area contributed by atoms with Crippen LogP contribution in [-0.2, 0) is 0 Å². The lowest BCUT2D eigenvalue weighted by Crippen LogP contribution is -2.17. The van der Waals surface area contributed by atoms with Crippen molar-refractivity contribution in [3.63, 3.8) is 0 Å². The molecule has 1 aromatic rings. The van der Waals surface area contributed by atoms with Crippen LogP contribution in [0.4, 0.5) is 5.69 Å². The molecule has 0 bridgehead atoms. The molecule has 0 aliphatic rings. The van der Waals surface area contributed by atoms with Crippen molar-refractivity contribution in [2.24, 2.45) is 16.6 Å². The summed E-state index contributed by atoms with van der Waals surface area (Å²) in [5, 5.41) is 0. The summed E-state index contributed by atoms with van der Waals surface area (Å²) in [4.78, 5) is 5.56. The predicted octanol–water partition coefficient (Wildman–Crippen LogP) is 3.05. The lowest BCUT2D eigenvalue weighted by atomic mass is 10.2. The minimum atomic E-state index is 0.301. The van der Waals surface area contributed by atoms with Crippen molar-refractivity contribution in [2.45, 2.75) is 18.7 Å². The van der Waals surface area contributed by atoms with Crippen LogP contribution in [0.15, 0.2) is 34.2 Å². The number of thioether (sulfide) groups is 1. The number of hydrogen-bond donors (Lipinski definition) is 1. The Morgan fingerprint density at radius 1 is 1.29 bits per heavy atom. The fourth-order valence-electron chi connectivity index (χ4n) is 0.935. The molecule has 0 heterocycles. The molecule has 0 saturated heterocycles. The van der Waals surface area contributed by atoms with Gasteiger partial charge in [0.1, 0.15) is 5.84 Å². The van der Waals surface area contributed by atoms with Gasteiger partial charge in [0, 0.05) is 10.8 Å². The molecule has 0 aliphatic carbocycles. The Bertz CT molecular complexity index is 315. The first kappa shape index (κ1) is 11.1. The minimum Gasteiger partial charge on any atom is -0.387 e. The average molecular weight is 208 g/mol. The molecule has 1 rings (SSSR count). The van der Waals surface area contributed by atoms with Crippen LogP contribution >= 0.6 is 11.8 Å². The summed E-state index contributed by atoms with van der Waals surface area (Å²) in [7, 11) is 0. The number of rotatable bonds is 3. The molecule has 76 valence electrons. The fourth-order valence-corrected chi connectivity index (χ4v) is 1.34. The molecule has 3 heteroatoms. The van der Waals surface area contributed by atoms with Gasteiger partial charge in [0.15, 0.2) is 0 Å². The summed E-state index contributed by atoms with van der Waals surface area (Å²) in [6.07, 6.45) is 2.06. The Labute approximate surface area is 89.6 Å². The number of benzene rings is 1. The first-order valence-corrected chi connectivity index (χ1v) is 5.84. The summed E-state index contributed by atoms with van der Waals surface area (Å²) in [6, 6.07) is 8.08. The molecule has 0 aromatic heterocycles. The van der Waals surface area contributed by atoms with Gasteiger partial charge in [0.25, 0.3) is 0 Å². The second-order valence-corrected chi connectivity index (χ2v) is 4.27. The van der Waals surface area contributed by atoms with E-state index in [1.807, 2.05) is 26.0 Å². The van der Waals surface area contributed by atoms with E-state index in [4.69, 9.17) is 5.73 Å². The first-order valence-electron chi connectivity index (χ1n) is 4.61. The van der Waals surface area contributed by atoms with E-state index in [9.17, 15) is 0 Å². The molecule has 2 N–H and O–H groups in total. The van der Waals surface area contributed by atoms with E-state index in [0.717, 1.165) is 5.69 Å². The van der Waals surface area contributed by atoms with Gasteiger partial charge in [-0.3, -0.25) is 0 Å². The van der Waals surface area contributed by atoms with Gasteiger partial charge in [-0.25, -0.2) is 4.99 Å². The molecule has 1 aromatic carbocycles. The van der Waals surface area contributed by atoms with Gasteiger partial charge >= 0.3 is 0 Å². The maximum atomic E-state index is 5.76. The number of nitrogens with zero attached hydrogens (tertiary/aromatic N) is 1. The Kier molecular flexibility index (Phi) is 4.01. The third-order valence-electron chi connectivity index (χ3n) is 1.92. The third kappa shape index (κ3) is 3.07. The molecule has 0 atom stereocenters. The van der Waals surface area contributed by atoms with Crippen LogP contribution in [-0.4, -0.2) is 12.1 Å². The highest BCUT2D eigenvalue weighted by atomic mass is 32.2. The first-order chi connectivity index (χ1) is 6.63. The lowest BCUT2D eigenvalue weighted by molar-refractivity contribution is 0.873. The van der Waals surface area contributed by atoms with E-state index >= 15 is 0 Å². The maximum Gasteiger partial charge on any atom is 0.102 e. The largest absolute Gasteiger partial charge is 0.387 e. The Morgan fingerprint density at radius 3 is 2.29 bits per heavy atom. The minimum absolute atomic E-state index is 0.301. The van der Waals surface area contributed by atoms with Gasteiger partial charge in [-0.2, -0.15) is 0 Å². The second kappa shape index (κ2) is 5.05. The summed E-state index contributed by atoms with van der Waals surface area (Å²) >= 11 is 1.72. The normalized spacial score (nSPS) is 12.1. The van der Waals surface area contributed by atoms with Crippen molar-refractivity contribution in [1.82, 2.24) is 0 Å². The molecule has 2 nitrogen and oxygen atoms in total. The molecule has 0 spiro atoms. The molecule has 0 fully saturated rings. The number of amidine groups is 1. The predicted molar refractivity (Wildman–Crippen MR) is 64.3 cm³/mol. The standard InChI is InChI=1S/C11H16N2S/c1-8(2)11(12)13-9-4-6-10(14-3)7-5-9/h4-8H,1-3H3,(H2,12,13). The molecule has 0 aliphatic heterocycles. The Balaban J connectivity index is 2.83. The van der Waals surface area contributed by atoms with Crippen molar-refractivity contribution < 1.29 is 0 Å². The van der Waals surface area contributed by atoms with Gasteiger partial charge < -0.3 is 5.73 Å². The summed E-state index contributed by atoms with van der Waals surface area (Å²) < 4.78 is 0. The van der Waals surface area contributed by atoms with Crippen LogP contribution in [0.25, 0.3) is 0 Å². The second-order valence-electron chi connectivity index (χ2n) is 3.39. The maximum absolute atomic E-state index is 5.76. The van der Waals surface area contributed by atoms with Crippen molar-refractivity contribution in [3.05, 3.63) is 24.3 Å². The highest BCUT2D eigenvalue weighted by Crippen LogP contribution is 2.19. The quantitative estimate of drug-likeness (QED) is 0.471. The monoisotopic (exact) mass is 208 g/mol. The van der Waals surface area contributed by atoms with Gasteiger partial charge in [0.05, 0.1) is 5.69 Å². The summed E-state index contributed by atoms with van der Waals surface area (Å²) in [5.41, 5.74) is 6.69. The van der Waals surface area contributed by atoms with Crippen LogP contribution in [0.5, 0.6) is 0 Å². The summed E-state index contributed by atoms with van der Waals surface area (Å²) in [6.45, 7) is 4.07. The highest BCUT2D eigenvalue weighted by molar-refractivity contribution is 7.98. The Morgan fingerprint density at radius 2 is 1.86 bits per heavy atom. The zero-order chi connectivity index (χ0) is 10.6. The molecular weight excluding hydrogens is 192 g/mol. The van der Waals surface area contributed by atoms with Crippen molar-refractivity contribution in [2.75, 3.05) is 6.26 Å². The Hall–Kier alpha value is -0.960. The molecule has 0 saturated carbocycles. The van der Waals surface area contributed by atoms with E-state index in [0.29, 0.717) is 11.8 Å². The van der Waals surface area contributed by atoms with Crippen LogP contribution < -0.4 is 5.73 Å². The van der Waals surface area contributed by atoms with Crippen molar-refractivity contribution >= 4 is 23.3 Å². The number of aliphatic imine (C=N–C) groups is 1. The average Bonchev–Trinajstić information content (AvgIpc) is 2.19. The van der Waals surface area contributed by atoms with Crippen LogP contribution in [0.2, 0.25) is 0 Å². The van der Waals surface area contributed by atoms with Crippen molar-refractivity contribution in [3.8, 4) is 0 Å². The zero-order valence-electron chi connectivity index (χ0n) is 8.82. The third-order valence-corrected chi connectivity index (χ3v) is 2.67. The van der Waals surface area contributed by atoms with E-state index in [-0.39, 0.29) is 0 Å². The van der Waals surface area contributed by atoms with E-state index in [2.05, 4.69) is 23.4 Å². The van der Waals surface area contributed by atoms with Crippen LogP contribution in [0.3, 0.4) is 0 Å². The SMILES string of the molecule is CSc1ccc(N=C(N)C(C)C)cc1. The topological polar surface area (TPSA) is 38.4 Å².